The van der Waals surface area contributed by atoms with Crippen LogP contribution in [0.2, 0.25) is 0 Å². The summed E-state index contributed by atoms with van der Waals surface area (Å²) in [5, 5.41) is 18.6. The van der Waals surface area contributed by atoms with E-state index in [4.69, 9.17) is 9.93 Å². The molecule has 2 aromatic heterocycles. The number of nitrogens with one attached hydrogen (secondary N) is 1. The van der Waals surface area contributed by atoms with Crippen LogP contribution in [0.4, 0.5) is 11.7 Å². The van der Waals surface area contributed by atoms with Gasteiger partial charge in [0, 0.05) is 68.7 Å². The lowest BCUT2D eigenvalue weighted by atomic mass is 10.1. The molecule has 2 aliphatic heterocycles. The zero-order valence-corrected chi connectivity index (χ0v) is 20.4. The second-order valence-corrected chi connectivity index (χ2v) is 9.44. The maximum Gasteiger partial charge on any atom is 0.324 e. The van der Waals surface area contributed by atoms with Crippen LogP contribution >= 0.6 is 0 Å². The molecular formula is C26H28N8O2. The van der Waals surface area contributed by atoms with Crippen molar-refractivity contribution in [1.29, 1.82) is 5.41 Å². The van der Waals surface area contributed by atoms with Crippen LogP contribution in [0.5, 0.6) is 0 Å². The zero-order valence-electron chi connectivity index (χ0n) is 20.4. The van der Waals surface area contributed by atoms with E-state index < -0.39 is 0 Å². The fourth-order valence-electron chi connectivity index (χ4n) is 5.18. The highest BCUT2D eigenvalue weighted by Gasteiger charge is 2.36. The molecule has 2 aliphatic rings. The monoisotopic (exact) mass is 484 g/mol. The van der Waals surface area contributed by atoms with Crippen LogP contribution in [0.25, 0.3) is 22.3 Å². The minimum Gasteiger partial charge on any atom is -0.357 e. The van der Waals surface area contributed by atoms with Gasteiger partial charge in [-0.1, -0.05) is 35.5 Å². The summed E-state index contributed by atoms with van der Waals surface area (Å²) < 4.78 is 7.46. The van der Waals surface area contributed by atoms with Crippen molar-refractivity contribution in [2.45, 2.75) is 13.3 Å². The number of piperazine rings is 1. The molecule has 4 heterocycles. The molecule has 36 heavy (non-hydrogen) atoms. The number of fused-ring (bicyclic) bond motifs is 1. The number of carbonyl (C=O) groups is 1. The Labute approximate surface area is 208 Å². The van der Waals surface area contributed by atoms with Gasteiger partial charge in [0.25, 0.3) is 0 Å². The molecule has 2 saturated heterocycles. The van der Waals surface area contributed by atoms with Gasteiger partial charge in [-0.3, -0.25) is 14.9 Å². The third-order valence-electron chi connectivity index (χ3n) is 7.18. The first-order valence-electron chi connectivity index (χ1n) is 12.2. The van der Waals surface area contributed by atoms with E-state index in [9.17, 15) is 4.79 Å². The second kappa shape index (κ2) is 8.78. The molecule has 6 rings (SSSR count). The lowest BCUT2D eigenvalue weighted by Crippen LogP contribution is -2.50. The van der Waals surface area contributed by atoms with E-state index in [0.717, 1.165) is 27.8 Å². The van der Waals surface area contributed by atoms with E-state index in [1.54, 1.807) is 4.90 Å². The van der Waals surface area contributed by atoms with Crippen LogP contribution in [-0.2, 0) is 11.8 Å². The highest BCUT2D eigenvalue weighted by Crippen LogP contribution is 2.28. The third kappa shape index (κ3) is 3.88. The van der Waals surface area contributed by atoms with E-state index >= 15 is 0 Å². The molecule has 4 aromatic rings. The lowest BCUT2D eigenvalue weighted by molar-refractivity contribution is -0.117. The van der Waals surface area contributed by atoms with Crippen molar-refractivity contribution in [3.05, 3.63) is 54.2 Å². The molecule has 184 valence electrons. The summed E-state index contributed by atoms with van der Waals surface area (Å²) in [5.41, 5.74) is 3.80. The quantitative estimate of drug-likeness (QED) is 0.350. The van der Waals surface area contributed by atoms with Gasteiger partial charge in [0.15, 0.2) is 0 Å². The summed E-state index contributed by atoms with van der Waals surface area (Å²) in [5.74, 6) is 1.07. The van der Waals surface area contributed by atoms with Gasteiger partial charge >= 0.3 is 6.01 Å². The molecule has 0 radical (unpaired) electrons. The summed E-state index contributed by atoms with van der Waals surface area (Å²) >= 11 is 0. The van der Waals surface area contributed by atoms with E-state index in [1.807, 2.05) is 67.2 Å². The molecule has 0 saturated carbocycles. The molecule has 10 heteroatoms. The van der Waals surface area contributed by atoms with Crippen molar-refractivity contribution < 1.29 is 9.32 Å². The number of aryl methyl sites for hydroxylation is 2. The van der Waals surface area contributed by atoms with Crippen LogP contribution in [0.3, 0.4) is 0 Å². The molecule has 1 amide bonds. The molecule has 0 aliphatic carbocycles. The SMILES string of the molecule is Cc1nn(C)c2cc(-c3noc(N4CCN(C(=N)C5CC(=O)N(c6ccccc6)C5)CC4)n3)ccc12. The van der Waals surface area contributed by atoms with Gasteiger partial charge in [-0.05, 0) is 25.1 Å². The number of amidine groups is 1. The predicted octanol–water partition coefficient (Wildman–Crippen LogP) is 3.08. The first-order valence-corrected chi connectivity index (χ1v) is 12.2. The molecule has 10 nitrogen and oxygen atoms in total. The molecule has 2 aromatic carbocycles. The maximum atomic E-state index is 12.6. The Bertz CT molecular complexity index is 1430. The summed E-state index contributed by atoms with van der Waals surface area (Å²) in [6.45, 7) is 5.24. The summed E-state index contributed by atoms with van der Waals surface area (Å²) in [4.78, 5) is 23.2. The lowest BCUT2D eigenvalue weighted by Gasteiger charge is -2.36. The Kier molecular flexibility index (Phi) is 5.43. The highest BCUT2D eigenvalue weighted by molar-refractivity contribution is 6.00. The Balaban J connectivity index is 1.09. The van der Waals surface area contributed by atoms with Crippen LogP contribution in [0, 0.1) is 18.3 Å². The average molecular weight is 485 g/mol. The van der Waals surface area contributed by atoms with E-state index in [1.165, 1.54) is 0 Å². The molecule has 0 bridgehead atoms. The number of hydrogen-bond acceptors (Lipinski definition) is 7. The van der Waals surface area contributed by atoms with Gasteiger partial charge in [-0.15, -0.1) is 0 Å². The van der Waals surface area contributed by atoms with E-state index in [-0.39, 0.29) is 11.8 Å². The van der Waals surface area contributed by atoms with Gasteiger partial charge in [0.1, 0.15) is 5.84 Å². The zero-order chi connectivity index (χ0) is 24.8. The second-order valence-electron chi connectivity index (χ2n) is 9.44. The number of carbonyl (C=O) groups excluding carboxylic acids is 1. The number of rotatable bonds is 4. The third-order valence-corrected chi connectivity index (χ3v) is 7.18. The molecule has 1 unspecified atom stereocenters. The number of hydrogen-bond donors (Lipinski definition) is 1. The number of aromatic nitrogens is 4. The van der Waals surface area contributed by atoms with Gasteiger partial charge in [0.2, 0.25) is 11.7 Å². The normalized spacial score (nSPS) is 18.4. The van der Waals surface area contributed by atoms with Crippen LogP contribution in [0.15, 0.2) is 53.1 Å². The van der Waals surface area contributed by atoms with Crippen molar-refractivity contribution >= 4 is 34.3 Å². The fraction of sp³-hybridized carbons (Fsp3) is 0.346. The fourth-order valence-corrected chi connectivity index (χ4v) is 5.18. The number of anilines is 2. The topological polar surface area (TPSA) is 107 Å². The van der Waals surface area contributed by atoms with Crippen molar-refractivity contribution in [2.75, 3.05) is 42.5 Å². The van der Waals surface area contributed by atoms with Gasteiger partial charge in [-0.25, -0.2) is 0 Å². The predicted molar refractivity (Wildman–Crippen MR) is 137 cm³/mol. The maximum absolute atomic E-state index is 12.6. The first-order chi connectivity index (χ1) is 17.5. The van der Waals surface area contributed by atoms with Gasteiger partial charge in [-0.2, -0.15) is 10.1 Å². The number of nitrogens with zero attached hydrogens (tertiary/aromatic N) is 7. The van der Waals surface area contributed by atoms with Crippen molar-refractivity contribution in [3.63, 3.8) is 0 Å². The van der Waals surface area contributed by atoms with Gasteiger partial charge < -0.3 is 19.2 Å². The smallest absolute Gasteiger partial charge is 0.324 e. The molecule has 2 fully saturated rings. The summed E-state index contributed by atoms with van der Waals surface area (Å²) in [6.07, 6.45) is 0.376. The molecule has 1 N–H and O–H groups in total. The summed E-state index contributed by atoms with van der Waals surface area (Å²) in [6, 6.07) is 16.2. The summed E-state index contributed by atoms with van der Waals surface area (Å²) in [7, 11) is 1.93. The van der Waals surface area contributed by atoms with Crippen LogP contribution in [-0.4, -0.2) is 69.3 Å². The van der Waals surface area contributed by atoms with Crippen molar-refractivity contribution in [3.8, 4) is 11.4 Å². The van der Waals surface area contributed by atoms with Crippen LogP contribution in [0.1, 0.15) is 12.1 Å². The Morgan fingerprint density at radius 3 is 2.64 bits per heavy atom. The van der Waals surface area contributed by atoms with E-state index in [0.29, 0.717) is 56.8 Å². The standard InChI is InChI=1S/C26H28N8O2/c1-17-21-9-8-18(14-22(21)31(2)29-17)25-28-26(36-30-25)33-12-10-32(11-13-33)24(27)19-15-23(35)34(16-19)20-6-4-3-5-7-20/h3-9,14,19,27H,10-13,15-16H2,1-2H3. The highest BCUT2D eigenvalue weighted by atomic mass is 16.5. The Morgan fingerprint density at radius 1 is 1.08 bits per heavy atom. The van der Waals surface area contributed by atoms with Gasteiger partial charge in [0.05, 0.1) is 11.2 Å². The minimum absolute atomic E-state index is 0.0763. The number of amides is 1. The van der Waals surface area contributed by atoms with Crippen molar-refractivity contribution in [2.24, 2.45) is 13.0 Å². The molecular weight excluding hydrogens is 456 g/mol. The number of benzene rings is 2. The largest absolute Gasteiger partial charge is 0.357 e. The van der Waals surface area contributed by atoms with Crippen LogP contribution < -0.4 is 9.80 Å². The average Bonchev–Trinajstić information content (AvgIpc) is 3.62. The Morgan fingerprint density at radius 2 is 1.86 bits per heavy atom. The number of para-hydroxylation sites is 1. The first kappa shape index (κ1) is 22.3. The van der Waals surface area contributed by atoms with E-state index in [2.05, 4.69) is 25.0 Å². The minimum atomic E-state index is -0.0928. The Hall–Kier alpha value is -4.21. The molecule has 0 spiro atoms. The molecule has 1 atom stereocenters. The van der Waals surface area contributed by atoms with Crippen molar-refractivity contribution in [1.82, 2.24) is 24.8 Å².